The highest BCUT2D eigenvalue weighted by atomic mass is 16.5. The van der Waals surface area contributed by atoms with Crippen molar-refractivity contribution in [2.24, 2.45) is 0 Å². The standard InChI is InChI=1S/C18H26N6O2/c1-5-16-20-15-7-9-24(18(25)23(3)4)8-6-14(15)17(21-16)19-11-13-10-12(2)22-26-13/h10H,5-9,11H2,1-4H3,(H,19,20,21). The number of urea groups is 1. The number of carbonyl (C=O) groups excluding carboxylic acids is 1. The summed E-state index contributed by atoms with van der Waals surface area (Å²) in [6.07, 6.45) is 2.24. The van der Waals surface area contributed by atoms with E-state index in [1.54, 1.807) is 19.0 Å². The second kappa shape index (κ2) is 7.72. The van der Waals surface area contributed by atoms with Crippen molar-refractivity contribution >= 4 is 11.8 Å². The van der Waals surface area contributed by atoms with Crippen molar-refractivity contribution in [3.05, 3.63) is 34.6 Å². The van der Waals surface area contributed by atoms with Crippen molar-refractivity contribution in [3.63, 3.8) is 0 Å². The van der Waals surface area contributed by atoms with Crippen molar-refractivity contribution in [3.8, 4) is 0 Å². The summed E-state index contributed by atoms with van der Waals surface area (Å²) in [5.41, 5.74) is 2.98. The molecule has 1 N–H and O–H groups in total. The van der Waals surface area contributed by atoms with Gasteiger partial charge in [0.1, 0.15) is 11.6 Å². The summed E-state index contributed by atoms with van der Waals surface area (Å²) < 4.78 is 5.27. The Balaban J connectivity index is 1.82. The number of hydrogen-bond donors (Lipinski definition) is 1. The summed E-state index contributed by atoms with van der Waals surface area (Å²) in [5, 5.41) is 7.29. The van der Waals surface area contributed by atoms with Gasteiger partial charge in [-0.2, -0.15) is 0 Å². The van der Waals surface area contributed by atoms with Gasteiger partial charge >= 0.3 is 6.03 Å². The largest absolute Gasteiger partial charge is 0.362 e. The van der Waals surface area contributed by atoms with Crippen LogP contribution in [-0.4, -0.2) is 58.1 Å². The maximum absolute atomic E-state index is 12.3. The molecule has 2 aromatic heterocycles. The molecule has 2 amide bonds. The zero-order valence-electron chi connectivity index (χ0n) is 15.9. The number of nitrogens with zero attached hydrogens (tertiary/aromatic N) is 5. The molecule has 8 heteroatoms. The third kappa shape index (κ3) is 3.95. The molecular formula is C18H26N6O2. The van der Waals surface area contributed by atoms with Crippen LogP contribution in [0.5, 0.6) is 0 Å². The zero-order valence-corrected chi connectivity index (χ0v) is 15.9. The first-order chi connectivity index (χ1) is 12.5. The van der Waals surface area contributed by atoms with Crippen LogP contribution in [0.15, 0.2) is 10.6 Å². The van der Waals surface area contributed by atoms with E-state index in [1.165, 1.54) is 0 Å². The van der Waals surface area contributed by atoms with Crippen LogP contribution >= 0.6 is 0 Å². The number of rotatable bonds is 4. The van der Waals surface area contributed by atoms with E-state index < -0.39 is 0 Å². The highest BCUT2D eigenvalue weighted by Crippen LogP contribution is 2.23. The molecule has 0 fully saturated rings. The fourth-order valence-electron chi connectivity index (χ4n) is 3.10. The lowest BCUT2D eigenvalue weighted by molar-refractivity contribution is 0.173. The number of aryl methyl sites for hydroxylation is 2. The number of anilines is 1. The maximum Gasteiger partial charge on any atom is 0.319 e. The molecular weight excluding hydrogens is 332 g/mol. The van der Waals surface area contributed by atoms with Crippen LogP contribution in [0, 0.1) is 6.92 Å². The van der Waals surface area contributed by atoms with E-state index in [4.69, 9.17) is 9.51 Å². The van der Waals surface area contributed by atoms with Gasteiger partial charge in [-0.15, -0.1) is 0 Å². The van der Waals surface area contributed by atoms with Gasteiger partial charge in [-0.3, -0.25) is 0 Å². The topological polar surface area (TPSA) is 87.4 Å². The van der Waals surface area contributed by atoms with E-state index in [-0.39, 0.29) is 6.03 Å². The third-order valence-electron chi connectivity index (χ3n) is 4.47. The van der Waals surface area contributed by atoms with Crippen LogP contribution < -0.4 is 5.32 Å². The highest BCUT2D eigenvalue weighted by Gasteiger charge is 2.23. The summed E-state index contributed by atoms with van der Waals surface area (Å²) in [6.45, 7) is 5.80. The number of carbonyl (C=O) groups is 1. The molecule has 1 aliphatic heterocycles. The summed E-state index contributed by atoms with van der Waals surface area (Å²) in [6, 6.07) is 1.94. The van der Waals surface area contributed by atoms with Crippen LogP contribution in [0.2, 0.25) is 0 Å². The minimum absolute atomic E-state index is 0.0353. The first-order valence-corrected chi connectivity index (χ1v) is 8.99. The second-order valence-corrected chi connectivity index (χ2v) is 6.72. The van der Waals surface area contributed by atoms with E-state index in [0.29, 0.717) is 19.6 Å². The van der Waals surface area contributed by atoms with Gasteiger partial charge in [0.25, 0.3) is 0 Å². The van der Waals surface area contributed by atoms with Crippen LogP contribution in [0.4, 0.5) is 10.6 Å². The smallest absolute Gasteiger partial charge is 0.319 e. The van der Waals surface area contributed by atoms with E-state index in [1.807, 2.05) is 24.8 Å². The Kier molecular flexibility index (Phi) is 5.39. The van der Waals surface area contributed by atoms with Crippen LogP contribution in [0.25, 0.3) is 0 Å². The first-order valence-electron chi connectivity index (χ1n) is 8.99. The van der Waals surface area contributed by atoms with Gasteiger partial charge < -0.3 is 19.6 Å². The van der Waals surface area contributed by atoms with Crippen LogP contribution in [0.1, 0.15) is 35.5 Å². The molecule has 3 rings (SSSR count). The first kappa shape index (κ1) is 18.2. The summed E-state index contributed by atoms with van der Waals surface area (Å²) in [7, 11) is 3.56. The lowest BCUT2D eigenvalue weighted by atomic mass is 10.1. The molecule has 0 saturated heterocycles. The van der Waals surface area contributed by atoms with E-state index in [2.05, 4.69) is 15.5 Å². The van der Waals surface area contributed by atoms with E-state index >= 15 is 0 Å². The predicted molar refractivity (Wildman–Crippen MR) is 98.0 cm³/mol. The Labute approximate surface area is 153 Å². The fraction of sp³-hybridized carbons (Fsp3) is 0.556. The highest BCUT2D eigenvalue weighted by molar-refractivity contribution is 5.74. The van der Waals surface area contributed by atoms with Crippen molar-refractivity contribution < 1.29 is 9.32 Å². The Bertz CT molecular complexity index is 786. The van der Waals surface area contributed by atoms with E-state index in [0.717, 1.165) is 53.6 Å². The van der Waals surface area contributed by atoms with Crippen molar-refractivity contribution in [1.29, 1.82) is 0 Å². The summed E-state index contributed by atoms with van der Waals surface area (Å²) >= 11 is 0. The molecule has 0 radical (unpaired) electrons. The van der Waals surface area contributed by atoms with Gasteiger partial charge in [-0.25, -0.2) is 14.8 Å². The molecule has 0 saturated carbocycles. The minimum Gasteiger partial charge on any atom is -0.362 e. The molecule has 0 aromatic carbocycles. The van der Waals surface area contributed by atoms with Gasteiger partial charge in [-0.05, 0) is 13.3 Å². The molecule has 2 aromatic rings. The van der Waals surface area contributed by atoms with E-state index in [9.17, 15) is 4.79 Å². The second-order valence-electron chi connectivity index (χ2n) is 6.72. The average molecular weight is 358 g/mol. The molecule has 140 valence electrons. The minimum atomic E-state index is 0.0353. The van der Waals surface area contributed by atoms with Crippen LogP contribution in [0.3, 0.4) is 0 Å². The predicted octanol–water partition coefficient (Wildman–Crippen LogP) is 2.03. The number of nitrogens with one attached hydrogen (secondary N) is 1. The number of hydrogen-bond acceptors (Lipinski definition) is 6. The van der Waals surface area contributed by atoms with Gasteiger partial charge in [-0.1, -0.05) is 12.1 Å². The normalized spacial score (nSPS) is 13.9. The molecule has 0 atom stereocenters. The van der Waals surface area contributed by atoms with Gasteiger partial charge in [0.05, 0.1) is 17.9 Å². The molecule has 8 nitrogen and oxygen atoms in total. The molecule has 1 aliphatic rings. The lowest BCUT2D eigenvalue weighted by Gasteiger charge is -2.24. The zero-order chi connectivity index (χ0) is 18.7. The lowest BCUT2D eigenvalue weighted by Crippen LogP contribution is -2.40. The molecule has 0 spiro atoms. The van der Waals surface area contributed by atoms with Gasteiger partial charge in [0.15, 0.2) is 5.76 Å². The molecule has 0 unspecified atom stereocenters. The Morgan fingerprint density at radius 1 is 1.31 bits per heavy atom. The third-order valence-corrected chi connectivity index (χ3v) is 4.47. The fourth-order valence-corrected chi connectivity index (χ4v) is 3.10. The van der Waals surface area contributed by atoms with Crippen molar-refractivity contribution in [2.75, 3.05) is 32.5 Å². The molecule has 3 heterocycles. The monoisotopic (exact) mass is 358 g/mol. The Morgan fingerprint density at radius 2 is 2.08 bits per heavy atom. The SMILES string of the molecule is CCc1nc2c(c(NCc3cc(C)no3)n1)CCN(C(=O)N(C)C)CC2. The Morgan fingerprint density at radius 3 is 2.73 bits per heavy atom. The Hall–Kier alpha value is -2.64. The van der Waals surface area contributed by atoms with Gasteiger partial charge in [0.2, 0.25) is 0 Å². The molecule has 0 aliphatic carbocycles. The van der Waals surface area contributed by atoms with Crippen molar-refractivity contribution in [2.45, 2.75) is 39.7 Å². The molecule has 26 heavy (non-hydrogen) atoms. The molecule has 0 bridgehead atoms. The van der Waals surface area contributed by atoms with Crippen LogP contribution in [-0.2, 0) is 25.8 Å². The average Bonchev–Trinajstić information content (AvgIpc) is 2.92. The number of fused-ring (bicyclic) bond motifs is 1. The quantitative estimate of drug-likeness (QED) is 0.900. The summed E-state index contributed by atoms with van der Waals surface area (Å²) in [4.78, 5) is 25.2. The van der Waals surface area contributed by atoms with Gasteiger partial charge in [0, 0.05) is 51.7 Å². The van der Waals surface area contributed by atoms with Crippen molar-refractivity contribution in [1.82, 2.24) is 24.9 Å². The number of amides is 2. The summed E-state index contributed by atoms with van der Waals surface area (Å²) in [5.74, 6) is 2.42. The number of aromatic nitrogens is 3. The maximum atomic E-state index is 12.3.